The van der Waals surface area contributed by atoms with E-state index in [-0.39, 0.29) is 28.8 Å². The fourth-order valence-electron chi connectivity index (χ4n) is 1.29. The van der Waals surface area contributed by atoms with Gasteiger partial charge in [0.05, 0.1) is 21.8 Å². The second kappa shape index (κ2) is 5.70. The Balaban J connectivity index is 2.96. The Morgan fingerprint density at radius 1 is 1.19 bits per heavy atom. The Hall–Kier alpha value is -0.520. The monoisotopic (exact) mass is 265 g/mol. The standard InChI is InChI=1S/C10H13Cl2NO3/c11-6-3-5(4-7(12)9(6)13)10(16)8(15)1-2-14/h3-4,8,10,14-16H,1-2,13H2. The molecule has 2 unspecified atom stereocenters. The second-order valence-corrected chi connectivity index (χ2v) is 4.24. The van der Waals surface area contributed by atoms with E-state index in [2.05, 4.69) is 0 Å². The van der Waals surface area contributed by atoms with Crippen molar-refractivity contribution in [1.82, 2.24) is 0 Å². The molecule has 5 N–H and O–H groups in total. The molecule has 0 radical (unpaired) electrons. The van der Waals surface area contributed by atoms with E-state index in [4.69, 9.17) is 34.0 Å². The molecule has 0 heterocycles. The lowest BCUT2D eigenvalue weighted by Crippen LogP contribution is -2.19. The lowest BCUT2D eigenvalue weighted by molar-refractivity contribution is 0.00423. The van der Waals surface area contributed by atoms with Crippen molar-refractivity contribution in [2.24, 2.45) is 0 Å². The molecule has 1 aromatic rings. The van der Waals surface area contributed by atoms with Gasteiger partial charge in [0.25, 0.3) is 0 Å². The Morgan fingerprint density at radius 2 is 1.69 bits per heavy atom. The van der Waals surface area contributed by atoms with E-state index >= 15 is 0 Å². The number of hydrogen-bond donors (Lipinski definition) is 4. The first-order chi connectivity index (χ1) is 7.47. The van der Waals surface area contributed by atoms with Crippen molar-refractivity contribution in [3.05, 3.63) is 27.7 Å². The highest BCUT2D eigenvalue weighted by molar-refractivity contribution is 6.38. The van der Waals surface area contributed by atoms with Crippen molar-refractivity contribution in [3.63, 3.8) is 0 Å². The molecule has 0 fully saturated rings. The minimum Gasteiger partial charge on any atom is -0.396 e. The highest BCUT2D eigenvalue weighted by Crippen LogP contribution is 2.32. The fourth-order valence-corrected chi connectivity index (χ4v) is 1.79. The highest BCUT2D eigenvalue weighted by Gasteiger charge is 2.19. The summed E-state index contributed by atoms with van der Waals surface area (Å²) in [5.41, 5.74) is 6.14. The third-order valence-corrected chi connectivity index (χ3v) is 2.86. The van der Waals surface area contributed by atoms with Crippen LogP contribution < -0.4 is 5.73 Å². The van der Waals surface area contributed by atoms with Crippen LogP contribution in [0, 0.1) is 0 Å². The van der Waals surface area contributed by atoms with Gasteiger partial charge in [0, 0.05) is 6.61 Å². The zero-order chi connectivity index (χ0) is 12.3. The van der Waals surface area contributed by atoms with E-state index in [1.165, 1.54) is 12.1 Å². The third kappa shape index (κ3) is 2.99. The summed E-state index contributed by atoms with van der Waals surface area (Å²) in [5, 5.41) is 28.3. The van der Waals surface area contributed by atoms with E-state index < -0.39 is 12.2 Å². The molecule has 1 aromatic carbocycles. The van der Waals surface area contributed by atoms with Crippen LogP contribution in [0.5, 0.6) is 0 Å². The van der Waals surface area contributed by atoms with Crippen molar-refractivity contribution >= 4 is 28.9 Å². The zero-order valence-electron chi connectivity index (χ0n) is 8.40. The van der Waals surface area contributed by atoms with Crippen LogP contribution in [0.1, 0.15) is 18.1 Å². The molecular weight excluding hydrogens is 253 g/mol. The number of aliphatic hydroxyl groups excluding tert-OH is 3. The topological polar surface area (TPSA) is 86.7 Å². The molecule has 0 aromatic heterocycles. The smallest absolute Gasteiger partial charge is 0.105 e. The lowest BCUT2D eigenvalue weighted by atomic mass is 10.0. The van der Waals surface area contributed by atoms with E-state index in [1.54, 1.807) is 0 Å². The van der Waals surface area contributed by atoms with Crippen molar-refractivity contribution in [2.75, 3.05) is 12.3 Å². The SMILES string of the molecule is Nc1c(Cl)cc(C(O)C(O)CCO)cc1Cl. The van der Waals surface area contributed by atoms with Crippen LogP contribution in [0.4, 0.5) is 5.69 Å². The summed E-state index contributed by atoms with van der Waals surface area (Å²) in [6.45, 7) is -0.214. The summed E-state index contributed by atoms with van der Waals surface area (Å²) in [7, 11) is 0. The number of nitrogens with two attached hydrogens (primary N) is 1. The summed E-state index contributed by atoms with van der Waals surface area (Å²) in [6, 6.07) is 2.88. The van der Waals surface area contributed by atoms with Gasteiger partial charge in [-0.25, -0.2) is 0 Å². The van der Waals surface area contributed by atoms with Crippen LogP contribution in [0.25, 0.3) is 0 Å². The summed E-state index contributed by atoms with van der Waals surface area (Å²) < 4.78 is 0. The van der Waals surface area contributed by atoms with Gasteiger partial charge in [0.2, 0.25) is 0 Å². The zero-order valence-corrected chi connectivity index (χ0v) is 9.91. The maximum Gasteiger partial charge on any atom is 0.105 e. The molecule has 6 heteroatoms. The van der Waals surface area contributed by atoms with E-state index in [9.17, 15) is 10.2 Å². The van der Waals surface area contributed by atoms with Gasteiger partial charge in [0.1, 0.15) is 6.10 Å². The van der Waals surface area contributed by atoms with E-state index in [0.717, 1.165) is 0 Å². The molecule has 0 saturated heterocycles. The molecule has 90 valence electrons. The summed E-state index contributed by atoms with van der Waals surface area (Å²) in [6.07, 6.45) is -2.15. The molecule has 0 aliphatic carbocycles. The average Bonchev–Trinajstić information content (AvgIpc) is 2.24. The van der Waals surface area contributed by atoms with E-state index in [1.807, 2.05) is 0 Å². The Kier molecular flexibility index (Phi) is 4.83. The van der Waals surface area contributed by atoms with Gasteiger partial charge < -0.3 is 21.1 Å². The van der Waals surface area contributed by atoms with Gasteiger partial charge >= 0.3 is 0 Å². The molecule has 0 amide bonds. The fraction of sp³-hybridized carbons (Fsp3) is 0.400. The Morgan fingerprint density at radius 3 is 2.12 bits per heavy atom. The minimum atomic E-state index is -1.15. The van der Waals surface area contributed by atoms with Gasteiger partial charge in [-0.05, 0) is 24.1 Å². The molecule has 0 aliphatic rings. The maximum atomic E-state index is 9.74. The van der Waals surface area contributed by atoms with Gasteiger partial charge in [-0.1, -0.05) is 23.2 Å². The van der Waals surface area contributed by atoms with Crippen LogP contribution in [-0.4, -0.2) is 28.0 Å². The first-order valence-corrected chi connectivity index (χ1v) is 5.44. The number of halogens is 2. The first-order valence-electron chi connectivity index (χ1n) is 4.68. The number of nitrogen functional groups attached to an aromatic ring is 1. The molecular formula is C10H13Cl2NO3. The molecule has 0 bridgehead atoms. The van der Waals surface area contributed by atoms with Crippen LogP contribution in [-0.2, 0) is 0 Å². The normalized spacial score (nSPS) is 14.8. The van der Waals surface area contributed by atoms with Gasteiger partial charge in [-0.3, -0.25) is 0 Å². The Labute approximate surface area is 103 Å². The molecule has 0 aliphatic heterocycles. The molecule has 2 atom stereocenters. The number of anilines is 1. The Bertz CT molecular complexity index is 350. The lowest BCUT2D eigenvalue weighted by Gasteiger charge is -2.18. The minimum absolute atomic E-state index is 0.0702. The summed E-state index contributed by atoms with van der Waals surface area (Å²) in [5.74, 6) is 0. The van der Waals surface area contributed by atoms with Crippen molar-refractivity contribution < 1.29 is 15.3 Å². The average molecular weight is 266 g/mol. The van der Waals surface area contributed by atoms with Crippen LogP contribution in [0.15, 0.2) is 12.1 Å². The quantitative estimate of drug-likeness (QED) is 0.619. The van der Waals surface area contributed by atoms with Gasteiger partial charge in [0.15, 0.2) is 0 Å². The predicted molar refractivity (Wildman–Crippen MR) is 63.5 cm³/mol. The predicted octanol–water partition coefficient (Wildman–Crippen LogP) is 1.35. The maximum absolute atomic E-state index is 9.74. The molecule has 1 rings (SSSR count). The van der Waals surface area contributed by atoms with Crippen LogP contribution >= 0.6 is 23.2 Å². The van der Waals surface area contributed by atoms with Gasteiger partial charge in [-0.2, -0.15) is 0 Å². The largest absolute Gasteiger partial charge is 0.396 e. The number of hydrogen-bond acceptors (Lipinski definition) is 4. The van der Waals surface area contributed by atoms with Crippen molar-refractivity contribution in [1.29, 1.82) is 0 Å². The number of aliphatic hydroxyl groups is 3. The highest BCUT2D eigenvalue weighted by atomic mass is 35.5. The summed E-state index contributed by atoms with van der Waals surface area (Å²) >= 11 is 11.6. The molecule has 16 heavy (non-hydrogen) atoms. The van der Waals surface area contributed by atoms with Crippen molar-refractivity contribution in [3.8, 4) is 0 Å². The molecule has 0 spiro atoms. The van der Waals surface area contributed by atoms with Gasteiger partial charge in [-0.15, -0.1) is 0 Å². The van der Waals surface area contributed by atoms with E-state index in [0.29, 0.717) is 5.56 Å². The van der Waals surface area contributed by atoms with Crippen LogP contribution in [0.3, 0.4) is 0 Å². The first kappa shape index (κ1) is 13.5. The number of benzene rings is 1. The third-order valence-electron chi connectivity index (χ3n) is 2.23. The molecule has 0 saturated carbocycles. The summed E-state index contributed by atoms with van der Waals surface area (Å²) in [4.78, 5) is 0. The van der Waals surface area contributed by atoms with Crippen LogP contribution in [0.2, 0.25) is 10.0 Å². The second-order valence-electron chi connectivity index (χ2n) is 3.42. The van der Waals surface area contributed by atoms with Crippen molar-refractivity contribution in [2.45, 2.75) is 18.6 Å². The molecule has 4 nitrogen and oxygen atoms in total. The number of rotatable bonds is 4.